The molecule has 13 heavy (non-hydrogen) atoms. The van der Waals surface area contributed by atoms with Gasteiger partial charge in [-0.15, -0.1) is 0 Å². The van der Waals surface area contributed by atoms with Gasteiger partial charge in [-0.2, -0.15) is 0 Å². The van der Waals surface area contributed by atoms with Gasteiger partial charge >= 0.3 is 0 Å². The lowest BCUT2D eigenvalue weighted by Crippen LogP contribution is -2.31. The first-order chi connectivity index (χ1) is 6.17. The van der Waals surface area contributed by atoms with Crippen LogP contribution in [0, 0.1) is 0 Å². The molecule has 0 spiro atoms. The van der Waals surface area contributed by atoms with E-state index in [0.717, 1.165) is 12.8 Å². The Labute approximate surface area is 78.6 Å². The lowest BCUT2D eigenvalue weighted by Gasteiger charge is -2.09. The van der Waals surface area contributed by atoms with Crippen LogP contribution in [0.1, 0.15) is 19.3 Å². The molecule has 1 rings (SSSR count). The van der Waals surface area contributed by atoms with Gasteiger partial charge in [-0.05, 0) is 25.8 Å². The maximum absolute atomic E-state index is 11.7. The first-order valence-electron chi connectivity index (χ1n) is 4.65. The normalized spacial score (nSPS) is 26.4. The molecule has 1 aliphatic heterocycles. The molecule has 0 radical (unpaired) electrons. The smallest absolute Gasteiger partial charge is 0.154 e. The summed E-state index contributed by atoms with van der Waals surface area (Å²) in [5.41, 5.74) is 0. The molecule has 78 valence electrons. The highest BCUT2D eigenvalue weighted by molar-refractivity contribution is 7.92. The second-order valence-corrected chi connectivity index (χ2v) is 5.78. The first kappa shape index (κ1) is 10.9. The van der Waals surface area contributed by atoms with E-state index in [0.29, 0.717) is 25.3 Å². The predicted molar refractivity (Wildman–Crippen MR) is 50.3 cm³/mol. The second-order valence-electron chi connectivity index (χ2n) is 3.38. The summed E-state index contributed by atoms with van der Waals surface area (Å²) in [5.74, 6) is 0.322. The Morgan fingerprint density at radius 2 is 2.23 bits per heavy atom. The third kappa shape index (κ3) is 3.23. The fraction of sp³-hybridized carbons (Fsp3) is 1.00. The molecule has 3 nitrogen and oxygen atoms in total. The monoisotopic (exact) mass is 209 g/mol. The SMILES string of the molecule is O=S1(=O)CCCC1CNCCCF. The van der Waals surface area contributed by atoms with Crippen molar-refractivity contribution in [2.45, 2.75) is 24.5 Å². The van der Waals surface area contributed by atoms with Crippen LogP contribution in [0.15, 0.2) is 0 Å². The minimum atomic E-state index is -2.83. The molecule has 1 heterocycles. The Kier molecular flexibility index (Phi) is 4.12. The number of alkyl halides is 1. The molecule has 0 amide bonds. The van der Waals surface area contributed by atoms with Gasteiger partial charge in [0.25, 0.3) is 0 Å². The van der Waals surface area contributed by atoms with E-state index in [1.54, 1.807) is 0 Å². The number of sulfone groups is 1. The van der Waals surface area contributed by atoms with Gasteiger partial charge in [0.05, 0.1) is 17.7 Å². The maximum Gasteiger partial charge on any atom is 0.154 e. The zero-order valence-electron chi connectivity index (χ0n) is 7.63. The third-order valence-electron chi connectivity index (χ3n) is 2.32. The summed E-state index contributed by atoms with van der Waals surface area (Å²) in [5, 5.41) is 2.74. The van der Waals surface area contributed by atoms with Crippen LogP contribution in [-0.4, -0.2) is 39.2 Å². The van der Waals surface area contributed by atoms with Crippen LogP contribution in [0.3, 0.4) is 0 Å². The average molecular weight is 209 g/mol. The van der Waals surface area contributed by atoms with Crippen LogP contribution in [0.25, 0.3) is 0 Å². The summed E-state index contributed by atoms with van der Waals surface area (Å²) in [4.78, 5) is 0. The number of hydrogen-bond donors (Lipinski definition) is 1. The van der Waals surface area contributed by atoms with Crippen LogP contribution in [0.5, 0.6) is 0 Å². The fourth-order valence-corrected chi connectivity index (χ4v) is 3.34. The van der Waals surface area contributed by atoms with Crippen LogP contribution in [0.4, 0.5) is 4.39 Å². The van der Waals surface area contributed by atoms with Gasteiger partial charge in [0.2, 0.25) is 0 Å². The van der Waals surface area contributed by atoms with Crippen LogP contribution < -0.4 is 5.32 Å². The van der Waals surface area contributed by atoms with Gasteiger partial charge in [-0.3, -0.25) is 4.39 Å². The Morgan fingerprint density at radius 3 is 2.77 bits per heavy atom. The van der Waals surface area contributed by atoms with Crippen molar-refractivity contribution in [3.63, 3.8) is 0 Å². The Morgan fingerprint density at radius 1 is 1.46 bits per heavy atom. The Balaban J connectivity index is 2.22. The van der Waals surface area contributed by atoms with E-state index in [1.165, 1.54) is 0 Å². The van der Waals surface area contributed by atoms with Crippen molar-refractivity contribution < 1.29 is 12.8 Å². The lowest BCUT2D eigenvalue weighted by molar-refractivity contribution is 0.458. The van der Waals surface area contributed by atoms with Gasteiger partial charge in [0.1, 0.15) is 0 Å². The van der Waals surface area contributed by atoms with E-state index >= 15 is 0 Å². The van der Waals surface area contributed by atoms with E-state index in [9.17, 15) is 12.8 Å². The molecule has 1 unspecified atom stereocenters. The maximum atomic E-state index is 11.7. The molecule has 0 aromatic heterocycles. The molecule has 5 heteroatoms. The van der Waals surface area contributed by atoms with E-state index < -0.39 is 9.84 Å². The molecule has 1 saturated heterocycles. The average Bonchev–Trinajstić information content (AvgIpc) is 2.40. The molecule has 1 aliphatic rings. The molecule has 0 aromatic rings. The minimum absolute atomic E-state index is 0.230. The number of halogens is 1. The fourth-order valence-electron chi connectivity index (χ4n) is 1.54. The summed E-state index contributed by atoms with van der Waals surface area (Å²) in [6.07, 6.45) is 2.00. The summed E-state index contributed by atoms with van der Waals surface area (Å²) < 4.78 is 34.3. The largest absolute Gasteiger partial charge is 0.315 e. The van der Waals surface area contributed by atoms with E-state index in [2.05, 4.69) is 5.32 Å². The van der Waals surface area contributed by atoms with Crippen molar-refractivity contribution in [3.05, 3.63) is 0 Å². The van der Waals surface area contributed by atoms with E-state index in [4.69, 9.17) is 0 Å². The summed E-state index contributed by atoms with van der Waals surface area (Å²) in [6.45, 7) is 0.718. The van der Waals surface area contributed by atoms with Gasteiger partial charge < -0.3 is 5.32 Å². The first-order valence-corrected chi connectivity index (χ1v) is 6.36. The highest BCUT2D eigenvalue weighted by atomic mass is 32.2. The summed E-state index contributed by atoms with van der Waals surface area (Å²) >= 11 is 0. The summed E-state index contributed by atoms with van der Waals surface area (Å²) in [6, 6.07) is 0. The zero-order valence-corrected chi connectivity index (χ0v) is 8.45. The van der Waals surface area contributed by atoms with Crippen molar-refractivity contribution in [1.82, 2.24) is 5.32 Å². The number of rotatable bonds is 5. The van der Waals surface area contributed by atoms with E-state index in [-0.39, 0.29) is 11.9 Å². The Hall–Kier alpha value is -0.160. The molecule has 0 saturated carbocycles. The molecule has 1 N–H and O–H groups in total. The highest BCUT2D eigenvalue weighted by Crippen LogP contribution is 2.18. The third-order valence-corrected chi connectivity index (χ3v) is 4.60. The van der Waals surface area contributed by atoms with Crippen LogP contribution in [-0.2, 0) is 9.84 Å². The van der Waals surface area contributed by atoms with Crippen molar-refractivity contribution in [1.29, 1.82) is 0 Å². The molecule has 0 bridgehead atoms. The van der Waals surface area contributed by atoms with Gasteiger partial charge in [-0.25, -0.2) is 8.42 Å². The molecule has 0 aromatic carbocycles. The van der Waals surface area contributed by atoms with Crippen LogP contribution in [0.2, 0.25) is 0 Å². The van der Waals surface area contributed by atoms with E-state index in [1.807, 2.05) is 0 Å². The Bertz CT molecular complexity index is 241. The standard InChI is InChI=1S/C8H16FNO2S/c9-4-2-5-10-7-8-3-1-6-13(8,11)12/h8,10H,1-7H2. The highest BCUT2D eigenvalue weighted by Gasteiger charge is 2.30. The number of nitrogens with one attached hydrogen (secondary N) is 1. The predicted octanol–water partition coefficient (Wildman–Crippen LogP) is 0.513. The minimum Gasteiger partial charge on any atom is -0.315 e. The van der Waals surface area contributed by atoms with Crippen molar-refractivity contribution in [3.8, 4) is 0 Å². The molecule has 1 atom stereocenters. The summed E-state index contributed by atoms with van der Waals surface area (Å²) in [7, 11) is -2.83. The number of hydrogen-bond acceptors (Lipinski definition) is 3. The second kappa shape index (κ2) is 4.91. The van der Waals surface area contributed by atoms with Crippen LogP contribution >= 0.6 is 0 Å². The molecular formula is C8H16FNO2S. The van der Waals surface area contributed by atoms with Gasteiger partial charge in [-0.1, -0.05) is 0 Å². The van der Waals surface area contributed by atoms with Crippen molar-refractivity contribution >= 4 is 9.84 Å². The molecule has 0 aliphatic carbocycles. The topological polar surface area (TPSA) is 46.2 Å². The van der Waals surface area contributed by atoms with Gasteiger partial charge in [0.15, 0.2) is 9.84 Å². The molecular weight excluding hydrogens is 193 g/mol. The lowest BCUT2D eigenvalue weighted by atomic mass is 10.2. The zero-order chi connectivity index (χ0) is 9.73. The van der Waals surface area contributed by atoms with Gasteiger partial charge in [0, 0.05) is 6.54 Å². The molecule has 1 fully saturated rings. The van der Waals surface area contributed by atoms with Crippen molar-refractivity contribution in [2.75, 3.05) is 25.5 Å². The van der Waals surface area contributed by atoms with Crippen molar-refractivity contribution in [2.24, 2.45) is 0 Å². The quantitative estimate of drug-likeness (QED) is 0.671.